The number of methoxy groups -OCH3 is 1. The first kappa shape index (κ1) is 31.2. The summed E-state index contributed by atoms with van der Waals surface area (Å²) in [6, 6.07) is 29.4. The maximum absolute atomic E-state index is 14.3. The molecule has 5 aromatic rings. The van der Waals surface area contributed by atoms with E-state index in [4.69, 9.17) is 19.2 Å². The zero-order chi connectivity index (χ0) is 32.9. The smallest absolute Gasteiger partial charge is 0.338 e. The Morgan fingerprint density at radius 3 is 2.34 bits per heavy atom. The molecule has 6 rings (SSSR count). The van der Waals surface area contributed by atoms with Crippen LogP contribution < -0.4 is 24.4 Å². The number of esters is 1. The Hall–Kier alpha value is -5.81. The zero-order valence-corrected chi connectivity index (χ0v) is 26.3. The lowest BCUT2D eigenvalue weighted by Gasteiger charge is -2.25. The van der Waals surface area contributed by atoms with Gasteiger partial charge >= 0.3 is 5.97 Å². The molecule has 0 amide bonds. The van der Waals surface area contributed by atoms with Gasteiger partial charge in [0.05, 0.1) is 40.5 Å². The van der Waals surface area contributed by atoms with E-state index in [9.17, 15) is 19.7 Å². The molecule has 0 saturated carbocycles. The number of hydrogen-bond acceptors (Lipinski definition) is 9. The number of nitro benzene ring substituents is 1. The van der Waals surface area contributed by atoms with E-state index >= 15 is 0 Å². The largest absolute Gasteiger partial charge is 0.493 e. The van der Waals surface area contributed by atoms with Gasteiger partial charge in [-0.25, -0.2) is 9.79 Å². The molecule has 236 valence electrons. The van der Waals surface area contributed by atoms with Crippen LogP contribution in [0.5, 0.6) is 11.5 Å². The van der Waals surface area contributed by atoms with Crippen molar-refractivity contribution in [2.75, 3.05) is 13.7 Å². The topological polar surface area (TPSA) is 122 Å². The number of hydrogen-bond donors (Lipinski definition) is 0. The maximum atomic E-state index is 14.3. The number of carbonyl (C=O) groups is 1. The molecular weight excluding hydrogens is 618 g/mol. The molecule has 0 fully saturated rings. The summed E-state index contributed by atoms with van der Waals surface area (Å²) in [6.07, 6.45) is 1.72. The molecule has 0 unspecified atom stereocenters. The zero-order valence-electron chi connectivity index (χ0n) is 25.5. The first-order chi connectivity index (χ1) is 22.9. The molecule has 4 aromatic carbocycles. The summed E-state index contributed by atoms with van der Waals surface area (Å²) in [5.41, 5.74) is 3.13. The van der Waals surface area contributed by atoms with Crippen LogP contribution in [0.25, 0.3) is 11.8 Å². The lowest BCUT2D eigenvalue weighted by Crippen LogP contribution is -2.40. The minimum atomic E-state index is -0.785. The number of aromatic nitrogens is 1. The van der Waals surface area contributed by atoms with Crippen LogP contribution in [0.2, 0.25) is 0 Å². The Morgan fingerprint density at radius 1 is 0.979 bits per heavy atom. The summed E-state index contributed by atoms with van der Waals surface area (Å²) in [5, 5.41) is 11.1. The van der Waals surface area contributed by atoms with Crippen molar-refractivity contribution in [2.24, 2.45) is 4.99 Å². The van der Waals surface area contributed by atoms with Crippen LogP contribution in [-0.4, -0.2) is 29.2 Å². The molecule has 1 atom stereocenters. The molecule has 10 nitrogen and oxygen atoms in total. The maximum Gasteiger partial charge on any atom is 0.338 e. The fourth-order valence-corrected chi connectivity index (χ4v) is 6.36. The highest BCUT2D eigenvalue weighted by atomic mass is 32.1. The van der Waals surface area contributed by atoms with Crippen molar-refractivity contribution in [2.45, 2.75) is 19.6 Å². The standard InChI is InChI=1S/C36H29N3O7S/c1-3-45-35(41)30-31(24-11-6-4-7-12-24)37-36-38(32(30)25-13-8-5-9-14-25)34(40)29(47-36)21-26-15-10-16-28(44-2)33(26)46-22-23-17-19-27(20-18-23)39(42)43/h4-21,32H,3,22H2,1-2H3/b29-21-/t32-/m0/s1. The van der Waals surface area contributed by atoms with Crippen molar-refractivity contribution in [1.29, 1.82) is 0 Å². The SMILES string of the molecule is CCOC(=O)C1=C(c2ccccc2)N=c2s/c(=C\c3cccc(OC)c3OCc3ccc([N+](=O)[O-])cc3)c(=O)n2[C@H]1c1ccccc1. The Morgan fingerprint density at radius 2 is 1.68 bits per heavy atom. The van der Waals surface area contributed by atoms with Gasteiger partial charge in [-0.1, -0.05) is 84.1 Å². The van der Waals surface area contributed by atoms with E-state index in [1.165, 1.54) is 30.6 Å². The molecule has 47 heavy (non-hydrogen) atoms. The summed E-state index contributed by atoms with van der Waals surface area (Å²) < 4.78 is 19.2. The number of rotatable bonds is 10. The molecule has 0 N–H and O–H groups in total. The Bertz CT molecular complexity index is 2160. The van der Waals surface area contributed by atoms with Gasteiger partial charge in [0.2, 0.25) is 0 Å². The predicted octanol–water partition coefficient (Wildman–Crippen LogP) is 5.43. The summed E-state index contributed by atoms with van der Waals surface area (Å²) >= 11 is 1.20. The highest BCUT2D eigenvalue weighted by Gasteiger charge is 2.35. The van der Waals surface area contributed by atoms with Gasteiger partial charge in [-0.2, -0.15) is 0 Å². The van der Waals surface area contributed by atoms with E-state index in [0.717, 1.165) is 16.7 Å². The number of non-ortho nitro benzene ring substituents is 1. The average Bonchev–Trinajstić information content (AvgIpc) is 3.41. The molecule has 1 aliphatic rings. The molecule has 1 aliphatic heterocycles. The number of nitro groups is 1. The number of thiazole rings is 1. The molecule has 11 heteroatoms. The summed E-state index contributed by atoms with van der Waals surface area (Å²) in [5.74, 6) is 0.301. The van der Waals surface area contributed by atoms with Gasteiger partial charge in [0, 0.05) is 23.3 Å². The Kier molecular flexibility index (Phi) is 9.07. The van der Waals surface area contributed by atoms with Crippen molar-refractivity contribution in [1.82, 2.24) is 4.57 Å². The van der Waals surface area contributed by atoms with Gasteiger partial charge in [-0.15, -0.1) is 0 Å². The quantitative estimate of drug-likeness (QED) is 0.113. The lowest BCUT2D eigenvalue weighted by atomic mass is 9.93. The second-order valence-electron chi connectivity index (χ2n) is 10.4. The molecule has 0 bridgehead atoms. The third kappa shape index (κ3) is 6.34. The monoisotopic (exact) mass is 647 g/mol. The summed E-state index contributed by atoms with van der Waals surface area (Å²) in [6.45, 7) is 2.01. The van der Waals surface area contributed by atoms with E-state index in [1.54, 1.807) is 47.9 Å². The normalized spacial score (nSPS) is 14.3. The van der Waals surface area contributed by atoms with Gasteiger partial charge in [0.15, 0.2) is 16.3 Å². The van der Waals surface area contributed by atoms with Crippen LogP contribution in [0.15, 0.2) is 118 Å². The summed E-state index contributed by atoms with van der Waals surface area (Å²) in [4.78, 5) is 43.8. The highest BCUT2D eigenvalue weighted by molar-refractivity contribution is 7.07. The van der Waals surface area contributed by atoms with E-state index < -0.39 is 16.9 Å². The first-order valence-electron chi connectivity index (χ1n) is 14.8. The molecule has 0 spiro atoms. The van der Waals surface area contributed by atoms with Crippen LogP contribution in [0.4, 0.5) is 5.69 Å². The Labute approximate surface area is 273 Å². The minimum absolute atomic E-state index is 0.0163. The number of carbonyl (C=O) groups excluding carboxylic acids is 1. The van der Waals surface area contributed by atoms with Crippen LogP contribution in [0.3, 0.4) is 0 Å². The molecule has 0 aliphatic carbocycles. The second-order valence-corrected chi connectivity index (χ2v) is 11.4. The number of fused-ring (bicyclic) bond motifs is 1. The minimum Gasteiger partial charge on any atom is -0.493 e. The van der Waals surface area contributed by atoms with E-state index in [1.807, 2.05) is 60.7 Å². The number of ether oxygens (including phenoxy) is 3. The van der Waals surface area contributed by atoms with Crippen LogP contribution in [-0.2, 0) is 16.1 Å². The predicted molar refractivity (Wildman–Crippen MR) is 178 cm³/mol. The van der Waals surface area contributed by atoms with E-state index in [-0.39, 0.29) is 30.0 Å². The summed E-state index contributed by atoms with van der Waals surface area (Å²) in [7, 11) is 1.52. The average molecular weight is 648 g/mol. The van der Waals surface area contributed by atoms with Crippen LogP contribution >= 0.6 is 11.3 Å². The molecule has 1 aromatic heterocycles. The number of para-hydroxylation sites is 1. The van der Waals surface area contributed by atoms with Crippen molar-refractivity contribution in [3.8, 4) is 11.5 Å². The molecule has 2 heterocycles. The third-order valence-corrected chi connectivity index (χ3v) is 8.52. The van der Waals surface area contributed by atoms with Crippen LogP contribution in [0.1, 0.15) is 35.2 Å². The van der Waals surface area contributed by atoms with Crippen molar-refractivity contribution in [3.05, 3.63) is 161 Å². The van der Waals surface area contributed by atoms with E-state index in [0.29, 0.717) is 32.1 Å². The molecule has 0 radical (unpaired) electrons. The van der Waals surface area contributed by atoms with E-state index in [2.05, 4.69) is 0 Å². The van der Waals surface area contributed by atoms with Crippen LogP contribution in [0, 0.1) is 10.1 Å². The van der Waals surface area contributed by atoms with Gasteiger partial charge in [0.25, 0.3) is 11.2 Å². The lowest BCUT2D eigenvalue weighted by molar-refractivity contribution is -0.384. The van der Waals surface area contributed by atoms with Gasteiger partial charge in [0.1, 0.15) is 6.61 Å². The third-order valence-electron chi connectivity index (χ3n) is 7.54. The number of nitrogens with zero attached hydrogens (tertiary/aromatic N) is 3. The fraction of sp³-hybridized carbons (Fsp3) is 0.139. The van der Waals surface area contributed by atoms with Crippen molar-refractivity contribution in [3.63, 3.8) is 0 Å². The van der Waals surface area contributed by atoms with Gasteiger partial charge < -0.3 is 14.2 Å². The van der Waals surface area contributed by atoms with Gasteiger partial charge in [-0.05, 0) is 42.3 Å². The fourth-order valence-electron chi connectivity index (χ4n) is 5.36. The molecular formula is C36H29N3O7S. The Balaban J connectivity index is 1.50. The van der Waals surface area contributed by atoms with Gasteiger partial charge in [-0.3, -0.25) is 19.5 Å². The van der Waals surface area contributed by atoms with Crippen molar-refractivity contribution >= 4 is 34.8 Å². The van der Waals surface area contributed by atoms with Crippen molar-refractivity contribution < 1.29 is 23.9 Å². The molecule has 0 saturated heterocycles. The number of benzene rings is 4. The second kappa shape index (κ2) is 13.7. The first-order valence-corrected chi connectivity index (χ1v) is 15.6. The highest BCUT2D eigenvalue weighted by Crippen LogP contribution is 2.36.